The molecule has 1 rings (SSSR count). The van der Waals surface area contributed by atoms with Gasteiger partial charge in [-0.1, -0.05) is 6.08 Å². The number of rotatable bonds is 6. The van der Waals surface area contributed by atoms with E-state index in [4.69, 9.17) is 9.47 Å². The lowest BCUT2D eigenvalue weighted by atomic mass is 9.75. The quantitative estimate of drug-likeness (QED) is 0.424. The molecule has 0 saturated carbocycles. The Hall–Kier alpha value is -1.45. The molecule has 1 aliphatic heterocycles. The summed E-state index contributed by atoms with van der Waals surface area (Å²) >= 11 is 0. The van der Waals surface area contributed by atoms with Gasteiger partial charge < -0.3 is 14.4 Å². The van der Waals surface area contributed by atoms with E-state index in [9.17, 15) is 4.79 Å². The van der Waals surface area contributed by atoms with Crippen LogP contribution in [0.25, 0.3) is 0 Å². The third-order valence-electron chi connectivity index (χ3n) is 3.93. The third-order valence-corrected chi connectivity index (χ3v) is 3.93. The van der Waals surface area contributed by atoms with Crippen LogP contribution in [0.2, 0.25) is 0 Å². The monoisotopic (exact) mass is 309 g/mol. The zero-order chi connectivity index (χ0) is 16.8. The Morgan fingerprint density at radius 3 is 2.32 bits per heavy atom. The molecule has 1 aliphatic rings. The Balaban J connectivity index is 2.77. The van der Waals surface area contributed by atoms with Gasteiger partial charge in [0.05, 0.1) is 12.0 Å². The molecule has 0 aromatic carbocycles. The Kier molecular flexibility index (Phi) is 6.51. The zero-order valence-electron chi connectivity index (χ0n) is 14.8. The predicted molar refractivity (Wildman–Crippen MR) is 89.3 cm³/mol. The van der Waals surface area contributed by atoms with Crippen LogP contribution >= 0.6 is 0 Å². The van der Waals surface area contributed by atoms with Gasteiger partial charge in [0.25, 0.3) is 0 Å². The molecule has 0 aliphatic carbocycles. The highest BCUT2D eigenvalue weighted by molar-refractivity contribution is 5.77. The summed E-state index contributed by atoms with van der Waals surface area (Å²) in [5, 5.41) is 0. The smallest absolute Gasteiger partial charge is 0.312 e. The molecule has 0 spiro atoms. The second kappa shape index (κ2) is 7.70. The van der Waals surface area contributed by atoms with Crippen molar-refractivity contribution in [2.75, 3.05) is 19.7 Å². The molecule has 0 aromatic rings. The van der Waals surface area contributed by atoms with E-state index in [1.807, 2.05) is 46.8 Å². The Labute approximate surface area is 135 Å². The number of piperidine rings is 1. The molecule has 0 atom stereocenters. The van der Waals surface area contributed by atoms with Crippen LogP contribution in [-0.2, 0) is 14.3 Å². The largest absolute Gasteiger partial charge is 0.474 e. The van der Waals surface area contributed by atoms with Crippen molar-refractivity contribution in [3.63, 3.8) is 0 Å². The van der Waals surface area contributed by atoms with Gasteiger partial charge in [0, 0.05) is 13.1 Å². The number of carbonyl (C=O) groups excluding carboxylic acids is 1. The van der Waals surface area contributed by atoms with E-state index in [2.05, 4.69) is 11.5 Å². The number of carbonyl (C=O) groups is 1. The fourth-order valence-corrected chi connectivity index (χ4v) is 2.83. The SMILES string of the molecule is C=CCC1(C(=O)OCC)CCN(C(=CC)OC(C)(C)C)CC1. The first-order valence-electron chi connectivity index (χ1n) is 8.16. The van der Waals surface area contributed by atoms with Gasteiger partial charge in [-0.2, -0.15) is 0 Å². The summed E-state index contributed by atoms with van der Waals surface area (Å²) in [7, 11) is 0. The summed E-state index contributed by atoms with van der Waals surface area (Å²) in [6.07, 6.45) is 6.03. The standard InChI is InChI=1S/C18H31NO3/c1-7-10-18(16(20)21-9-3)11-13-19(14-12-18)15(8-2)22-17(4,5)6/h7-8H,1,9-14H2,2-6H3. The van der Waals surface area contributed by atoms with Crippen molar-refractivity contribution in [3.05, 3.63) is 24.6 Å². The zero-order valence-corrected chi connectivity index (χ0v) is 14.8. The van der Waals surface area contributed by atoms with E-state index in [0.717, 1.165) is 31.8 Å². The van der Waals surface area contributed by atoms with E-state index in [0.29, 0.717) is 13.0 Å². The molecule has 1 fully saturated rings. The third kappa shape index (κ3) is 4.79. The predicted octanol–water partition coefficient (Wildman–Crippen LogP) is 3.88. The van der Waals surface area contributed by atoms with Gasteiger partial charge >= 0.3 is 5.97 Å². The topological polar surface area (TPSA) is 38.8 Å². The van der Waals surface area contributed by atoms with Gasteiger partial charge in [0.1, 0.15) is 5.60 Å². The van der Waals surface area contributed by atoms with Crippen LogP contribution in [0.5, 0.6) is 0 Å². The number of nitrogens with zero attached hydrogens (tertiary/aromatic N) is 1. The fourth-order valence-electron chi connectivity index (χ4n) is 2.83. The number of hydrogen-bond donors (Lipinski definition) is 0. The van der Waals surface area contributed by atoms with Crippen LogP contribution in [-0.4, -0.2) is 36.2 Å². The molecular weight excluding hydrogens is 278 g/mol. The highest BCUT2D eigenvalue weighted by Crippen LogP contribution is 2.38. The van der Waals surface area contributed by atoms with Crippen molar-refractivity contribution in [2.24, 2.45) is 5.41 Å². The minimum absolute atomic E-state index is 0.0895. The fraction of sp³-hybridized carbons (Fsp3) is 0.722. The van der Waals surface area contributed by atoms with Gasteiger partial charge in [-0.15, -0.1) is 6.58 Å². The molecule has 0 N–H and O–H groups in total. The molecule has 1 heterocycles. The lowest BCUT2D eigenvalue weighted by Gasteiger charge is -2.42. The van der Waals surface area contributed by atoms with Crippen molar-refractivity contribution in [1.29, 1.82) is 0 Å². The van der Waals surface area contributed by atoms with Gasteiger partial charge in [0.2, 0.25) is 0 Å². The van der Waals surface area contributed by atoms with E-state index >= 15 is 0 Å². The second-order valence-corrected chi connectivity index (χ2v) is 6.82. The minimum Gasteiger partial charge on any atom is -0.474 e. The summed E-state index contributed by atoms with van der Waals surface area (Å²) in [4.78, 5) is 14.6. The normalized spacial score (nSPS) is 18.8. The summed E-state index contributed by atoms with van der Waals surface area (Å²) in [5.74, 6) is 0.803. The summed E-state index contributed by atoms with van der Waals surface area (Å²) < 4.78 is 11.3. The maximum Gasteiger partial charge on any atom is 0.312 e. The number of hydrogen-bond acceptors (Lipinski definition) is 4. The molecule has 126 valence electrons. The van der Waals surface area contributed by atoms with Crippen LogP contribution in [0, 0.1) is 5.41 Å². The van der Waals surface area contributed by atoms with Crippen LogP contribution in [0.1, 0.15) is 53.9 Å². The Morgan fingerprint density at radius 1 is 1.32 bits per heavy atom. The highest BCUT2D eigenvalue weighted by atomic mass is 16.5. The first-order valence-corrected chi connectivity index (χ1v) is 8.16. The average Bonchev–Trinajstić information content (AvgIpc) is 2.45. The average molecular weight is 309 g/mol. The summed E-state index contributed by atoms with van der Waals surface area (Å²) in [6.45, 7) is 15.8. The first kappa shape index (κ1) is 18.6. The van der Waals surface area contributed by atoms with Gasteiger partial charge in [0.15, 0.2) is 5.88 Å². The first-order chi connectivity index (χ1) is 10.3. The van der Waals surface area contributed by atoms with Crippen molar-refractivity contribution in [2.45, 2.75) is 59.5 Å². The summed E-state index contributed by atoms with van der Waals surface area (Å²) in [5.41, 5.74) is -0.645. The van der Waals surface area contributed by atoms with Gasteiger partial charge in [-0.3, -0.25) is 4.79 Å². The molecule has 0 unspecified atom stereocenters. The summed E-state index contributed by atoms with van der Waals surface area (Å²) in [6, 6.07) is 0. The Morgan fingerprint density at radius 2 is 1.91 bits per heavy atom. The van der Waals surface area contributed by atoms with Crippen LogP contribution < -0.4 is 0 Å². The van der Waals surface area contributed by atoms with Gasteiger partial charge in [-0.25, -0.2) is 0 Å². The second-order valence-electron chi connectivity index (χ2n) is 6.82. The lowest BCUT2D eigenvalue weighted by Crippen LogP contribution is -2.45. The van der Waals surface area contributed by atoms with Crippen molar-refractivity contribution in [1.82, 2.24) is 4.90 Å². The van der Waals surface area contributed by atoms with Crippen LogP contribution in [0.3, 0.4) is 0 Å². The molecule has 0 bridgehead atoms. The number of ether oxygens (including phenoxy) is 2. The van der Waals surface area contributed by atoms with Crippen molar-refractivity contribution >= 4 is 5.97 Å². The van der Waals surface area contributed by atoms with E-state index in [1.54, 1.807) is 0 Å². The molecule has 0 radical (unpaired) electrons. The molecule has 0 aromatic heterocycles. The van der Waals surface area contributed by atoms with Crippen LogP contribution in [0.15, 0.2) is 24.6 Å². The van der Waals surface area contributed by atoms with E-state index < -0.39 is 5.41 Å². The highest BCUT2D eigenvalue weighted by Gasteiger charge is 2.42. The molecule has 1 saturated heterocycles. The molecule has 0 amide bonds. The molecular formula is C18H31NO3. The van der Waals surface area contributed by atoms with Crippen molar-refractivity contribution in [3.8, 4) is 0 Å². The molecule has 22 heavy (non-hydrogen) atoms. The number of esters is 1. The Bertz CT molecular complexity index is 413. The van der Waals surface area contributed by atoms with Gasteiger partial charge in [-0.05, 0) is 60.0 Å². The molecule has 4 nitrogen and oxygen atoms in total. The minimum atomic E-state index is -0.422. The molecule has 4 heteroatoms. The maximum atomic E-state index is 12.4. The maximum absolute atomic E-state index is 12.4. The van der Waals surface area contributed by atoms with Crippen molar-refractivity contribution < 1.29 is 14.3 Å². The number of allylic oxidation sites excluding steroid dienone is 2. The van der Waals surface area contributed by atoms with E-state index in [-0.39, 0.29) is 11.6 Å². The van der Waals surface area contributed by atoms with Crippen LogP contribution in [0.4, 0.5) is 0 Å². The lowest BCUT2D eigenvalue weighted by molar-refractivity contribution is -0.158. The van der Waals surface area contributed by atoms with E-state index in [1.165, 1.54) is 0 Å². The number of likely N-dealkylation sites (tertiary alicyclic amines) is 1.